The first kappa shape index (κ1) is 6.99. The quantitative estimate of drug-likeness (QED) is 0.530. The van der Waals surface area contributed by atoms with Crippen LogP contribution in [-0.4, -0.2) is 30.5 Å². The Balaban J connectivity index is 2.24. The molecule has 0 aromatic rings. The minimum Gasteiger partial charge on any atom is -0.394 e. The highest BCUT2D eigenvalue weighted by molar-refractivity contribution is 4.98. The highest BCUT2D eigenvalue weighted by Gasteiger charge is 2.40. The molecule has 3 nitrogen and oxygen atoms in total. The summed E-state index contributed by atoms with van der Waals surface area (Å²) in [6.07, 6.45) is 1.86. The summed E-state index contributed by atoms with van der Waals surface area (Å²) in [5.41, 5.74) is 5.31. The molecule has 9 heavy (non-hydrogen) atoms. The van der Waals surface area contributed by atoms with Crippen LogP contribution in [0.1, 0.15) is 12.8 Å². The molecule has 0 bridgehead atoms. The normalized spacial score (nSPS) is 42.3. The van der Waals surface area contributed by atoms with Gasteiger partial charge in [-0.05, 0) is 12.8 Å². The van der Waals surface area contributed by atoms with E-state index in [1.54, 1.807) is 7.11 Å². The molecule has 0 aromatic carbocycles. The van der Waals surface area contributed by atoms with E-state index in [0.29, 0.717) is 0 Å². The van der Waals surface area contributed by atoms with E-state index in [-0.39, 0.29) is 18.2 Å². The predicted octanol–water partition coefficient (Wildman–Crippen LogP) is -0.515. The molecule has 1 fully saturated rings. The summed E-state index contributed by atoms with van der Waals surface area (Å²) in [5.74, 6) is 0. The third kappa shape index (κ3) is 1.23. The highest BCUT2D eigenvalue weighted by atomic mass is 16.5. The summed E-state index contributed by atoms with van der Waals surface area (Å²) in [6, 6.07) is 0. The van der Waals surface area contributed by atoms with Crippen molar-refractivity contribution in [3.63, 3.8) is 0 Å². The Hall–Kier alpha value is -0.120. The van der Waals surface area contributed by atoms with Gasteiger partial charge < -0.3 is 15.6 Å². The van der Waals surface area contributed by atoms with Crippen molar-refractivity contribution in [1.29, 1.82) is 0 Å². The number of aliphatic hydroxyl groups excluding tert-OH is 1. The number of hydrogen-bond donors (Lipinski definition) is 2. The molecule has 0 amide bonds. The molecule has 54 valence electrons. The molecular formula is C6H13NO2. The Labute approximate surface area is 54.8 Å². The van der Waals surface area contributed by atoms with Gasteiger partial charge in [-0.15, -0.1) is 0 Å². The molecule has 1 aliphatic rings. The molecule has 1 rings (SSSR count). The summed E-state index contributed by atoms with van der Waals surface area (Å²) in [6.45, 7) is 0.0762. The lowest BCUT2D eigenvalue weighted by atomic mass is 9.76. The smallest absolute Gasteiger partial charge is 0.0613 e. The summed E-state index contributed by atoms with van der Waals surface area (Å²) in [4.78, 5) is 0. The zero-order valence-corrected chi connectivity index (χ0v) is 5.63. The monoisotopic (exact) mass is 131 g/mol. The second kappa shape index (κ2) is 2.25. The first-order valence-electron chi connectivity index (χ1n) is 3.13. The van der Waals surface area contributed by atoms with Crippen LogP contribution in [0.4, 0.5) is 0 Å². The van der Waals surface area contributed by atoms with Gasteiger partial charge in [-0.1, -0.05) is 0 Å². The number of ether oxygens (including phenoxy) is 1. The summed E-state index contributed by atoms with van der Waals surface area (Å²) in [7, 11) is 1.67. The number of aliphatic hydroxyl groups is 1. The molecular weight excluding hydrogens is 118 g/mol. The SMILES string of the molecule is COC1CC(N)(CO)C1. The van der Waals surface area contributed by atoms with E-state index in [0.717, 1.165) is 12.8 Å². The summed E-state index contributed by atoms with van der Waals surface area (Å²) >= 11 is 0. The van der Waals surface area contributed by atoms with Gasteiger partial charge in [0.15, 0.2) is 0 Å². The minimum atomic E-state index is -0.333. The predicted molar refractivity (Wildman–Crippen MR) is 34.0 cm³/mol. The molecule has 0 aliphatic heterocycles. The fourth-order valence-corrected chi connectivity index (χ4v) is 1.14. The highest BCUT2D eigenvalue weighted by Crippen LogP contribution is 2.30. The van der Waals surface area contributed by atoms with Crippen LogP contribution in [0, 0.1) is 0 Å². The van der Waals surface area contributed by atoms with E-state index in [1.807, 2.05) is 0 Å². The molecule has 0 saturated heterocycles. The van der Waals surface area contributed by atoms with Crippen molar-refractivity contribution >= 4 is 0 Å². The molecule has 0 heterocycles. The number of nitrogens with two attached hydrogens (primary N) is 1. The van der Waals surface area contributed by atoms with E-state index in [4.69, 9.17) is 15.6 Å². The van der Waals surface area contributed by atoms with Gasteiger partial charge in [0.05, 0.1) is 12.7 Å². The van der Waals surface area contributed by atoms with Crippen LogP contribution >= 0.6 is 0 Å². The van der Waals surface area contributed by atoms with Crippen LogP contribution in [0.3, 0.4) is 0 Å². The Bertz CT molecular complexity index is 99.2. The fourth-order valence-electron chi connectivity index (χ4n) is 1.14. The molecule has 3 heteroatoms. The van der Waals surface area contributed by atoms with Crippen molar-refractivity contribution < 1.29 is 9.84 Å². The second-order valence-corrected chi connectivity index (χ2v) is 2.79. The van der Waals surface area contributed by atoms with Crippen LogP contribution in [0.15, 0.2) is 0 Å². The van der Waals surface area contributed by atoms with Gasteiger partial charge in [-0.3, -0.25) is 0 Å². The lowest BCUT2D eigenvalue weighted by molar-refractivity contribution is -0.0349. The van der Waals surface area contributed by atoms with Crippen LogP contribution in [-0.2, 0) is 4.74 Å². The third-order valence-corrected chi connectivity index (χ3v) is 1.92. The molecule has 3 N–H and O–H groups in total. The molecule has 0 spiro atoms. The molecule has 1 saturated carbocycles. The lowest BCUT2D eigenvalue weighted by Crippen LogP contribution is -2.57. The van der Waals surface area contributed by atoms with Gasteiger partial charge in [-0.2, -0.15) is 0 Å². The number of rotatable bonds is 2. The van der Waals surface area contributed by atoms with Gasteiger partial charge >= 0.3 is 0 Å². The van der Waals surface area contributed by atoms with Crippen molar-refractivity contribution in [2.24, 2.45) is 5.73 Å². The van der Waals surface area contributed by atoms with Gasteiger partial charge in [0.1, 0.15) is 0 Å². The Morgan fingerprint density at radius 3 is 2.67 bits per heavy atom. The molecule has 0 unspecified atom stereocenters. The third-order valence-electron chi connectivity index (χ3n) is 1.92. The van der Waals surface area contributed by atoms with E-state index >= 15 is 0 Å². The van der Waals surface area contributed by atoms with E-state index < -0.39 is 0 Å². The van der Waals surface area contributed by atoms with Crippen LogP contribution < -0.4 is 5.73 Å². The van der Waals surface area contributed by atoms with Crippen molar-refractivity contribution in [1.82, 2.24) is 0 Å². The summed E-state index contributed by atoms with van der Waals surface area (Å²) in [5, 5.41) is 8.68. The zero-order valence-electron chi connectivity index (χ0n) is 5.63. The van der Waals surface area contributed by atoms with Gasteiger partial charge in [-0.25, -0.2) is 0 Å². The average molecular weight is 131 g/mol. The molecule has 1 aliphatic carbocycles. The van der Waals surface area contributed by atoms with E-state index in [9.17, 15) is 0 Å². The zero-order chi connectivity index (χ0) is 6.91. The van der Waals surface area contributed by atoms with E-state index in [2.05, 4.69) is 0 Å². The Morgan fingerprint density at radius 2 is 2.33 bits per heavy atom. The van der Waals surface area contributed by atoms with Crippen LogP contribution in [0.25, 0.3) is 0 Å². The topological polar surface area (TPSA) is 55.5 Å². The molecule has 0 radical (unpaired) electrons. The van der Waals surface area contributed by atoms with Crippen molar-refractivity contribution in [3.05, 3.63) is 0 Å². The van der Waals surface area contributed by atoms with Crippen molar-refractivity contribution in [3.8, 4) is 0 Å². The van der Waals surface area contributed by atoms with Crippen LogP contribution in [0.5, 0.6) is 0 Å². The van der Waals surface area contributed by atoms with Crippen LogP contribution in [0.2, 0.25) is 0 Å². The van der Waals surface area contributed by atoms with Gasteiger partial charge in [0.2, 0.25) is 0 Å². The maximum Gasteiger partial charge on any atom is 0.0613 e. The Morgan fingerprint density at radius 1 is 1.78 bits per heavy atom. The Kier molecular flexibility index (Phi) is 1.75. The first-order chi connectivity index (χ1) is 4.20. The van der Waals surface area contributed by atoms with Gasteiger partial charge in [0.25, 0.3) is 0 Å². The summed E-state index contributed by atoms with van der Waals surface area (Å²) < 4.78 is 4.99. The second-order valence-electron chi connectivity index (χ2n) is 2.79. The minimum absolute atomic E-state index is 0.0762. The first-order valence-corrected chi connectivity index (χ1v) is 3.13. The van der Waals surface area contributed by atoms with Gasteiger partial charge in [0, 0.05) is 12.6 Å². The molecule has 0 aromatic heterocycles. The maximum absolute atomic E-state index is 8.68. The number of methoxy groups -OCH3 is 1. The van der Waals surface area contributed by atoms with Crippen molar-refractivity contribution in [2.45, 2.75) is 24.5 Å². The number of hydrogen-bond acceptors (Lipinski definition) is 3. The molecule has 0 atom stereocenters. The van der Waals surface area contributed by atoms with Crippen molar-refractivity contribution in [2.75, 3.05) is 13.7 Å². The lowest BCUT2D eigenvalue weighted by Gasteiger charge is -2.42. The van der Waals surface area contributed by atoms with E-state index in [1.165, 1.54) is 0 Å². The fraction of sp³-hybridized carbons (Fsp3) is 1.00. The average Bonchev–Trinajstić information content (AvgIpc) is 1.81. The standard InChI is InChI=1S/C6H13NO2/c1-9-5-2-6(7,3-5)4-8/h5,8H,2-4,7H2,1H3. The largest absolute Gasteiger partial charge is 0.394 e. The maximum atomic E-state index is 8.68.